The zero-order chi connectivity index (χ0) is 20.0. The fraction of sp³-hybridized carbons (Fsp3) is 0.600. The third-order valence-corrected chi connectivity index (χ3v) is 7.12. The van der Waals surface area contributed by atoms with Crippen molar-refractivity contribution in [2.45, 2.75) is 39.0 Å². The van der Waals surface area contributed by atoms with E-state index in [0.717, 1.165) is 61.0 Å². The molecule has 0 bridgehead atoms. The molecule has 0 aromatic carbocycles. The first-order valence-electron chi connectivity index (χ1n) is 10.4. The topological polar surface area (TPSA) is 84.7 Å². The number of ether oxygens (including phenoxy) is 1. The first-order chi connectivity index (χ1) is 14.1. The lowest BCUT2D eigenvalue weighted by Crippen LogP contribution is -2.41. The minimum absolute atomic E-state index is 0.216. The van der Waals surface area contributed by atoms with Crippen molar-refractivity contribution in [3.63, 3.8) is 0 Å². The molecule has 1 aliphatic carbocycles. The Morgan fingerprint density at radius 3 is 2.97 bits per heavy atom. The van der Waals surface area contributed by atoms with E-state index in [4.69, 9.17) is 9.72 Å². The molecule has 1 N–H and O–H groups in total. The minimum atomic E-state index is -0.230. The molecule has 4 heterocycles. The van der Waals surface area contributed by atoms with Gasteiger partial charge >= 0.3 is 0 Å². The van der Waals surface area contributed by atoms with Gasteiger partial charge in [-0.1, -0.05) is 6.92 Å². The Labute approximate surface area is 173 Å². The third-order valence-electron chi connectivity index (χ3n) is 5.96. The number of hydrogen-bond acceptors (Lipinski definition) is 7. The molecule has 1 fully saturated rings. The van der Waals surface area contributed by atoms with Gasteiger partial charge in [-0.3, -0.25) is 9.69 Å². The van der Waals surface area contributed by atoms with Gasteiger partial charge in [0, 0.05) is 31.1 Å². The van der Waals surface area contributed by atoms with E-state index in [0.29, 0.717) is 12.5 Å². The van der Waals surface area contributed by atoms with E-state index in [1.165, 1.54) is 23.3 Å². The molecule has 1 saturated heterocycles. The van der Waals surface area contributed by atoms with E-state index < -0.39 is 0 Å². The molecule has 0 saturated carbocycles. The molecule has 5 rings (SSSR count). The molecule has 0 radical (unpaired) electrons. The number of thiophene rings is 1. The maximum Gasteiger partial charge on any atom is 0.291 e. The number of nitrogens with one attached hydrogen (secondary N) is 1. The van der Waals surface area contributed by atoms with Gasteiger partial charge < -0.3 is 10.1 Å². The number of aromatic nitrogens is 4. The summed E-state index contributed by atoms with van der Waals surface area (Å²) in [6.07, 6.45) is 3.51. The normalized spacial score (nSPS) is 20.3. The highest BCUT2D eigenvalue weighted by Gasteiger charge is 2.26. The van der Waals surface area contributed by atoms with E-state index in [1.807, 2.05) is 6.92 Å². The molecule has 29 heavy (non-hydrogen) atoms. The van der Waals surface area contributed by atoms with Crippen LogP contribution in [-0.4, -0.2) is 69.8 Å². The number of fused-ring (bicyclic) bond motifs is 5. The second-order valence-electron chi connectivity index (χ2n) is 7.95. The number of carbonyl (C=O) groups is 1. The number of morpholine rings is 1. The highest BCUT2D eigenvalue weighted by atomic mass is 32.1. The van der Waals surface area contributed by atoms with Gasteiger partial charge in [-0.15, -0.1) is 16.4 Å². The summed E-state index contributed by atoms with van der Waals surface area (Å²) < 4.78 is 7.09. The number of rotatable bonds is 4. The van der Waals surface area contributed by atoms with E-state index in [2.05, 4.69) is 27.2 Å². The van der Waals surface area contributed by atoms with Gasteiger partial charge in [-0.25, -0.2) is 9.97 Å². The molecule has 154 valence electrons. The fourth-order valence-electron chi connectivity index (χ4n) is 4.41. The van der Waals surface area contributed by atoms with Gasteiger partial charge in [-0.2, -0.15) is 4.52 Å². The van der Waals surface area contributed by atoms with Gasteiger partial charge in [0.25, 0.3) is 5.91 Å². The average Bonchev–Trinajstić information content (AvgIpc) is 3.31. The molecule has 1 amide bonds. The molecule has 0 spiro atoms. The van der Waals surface area contributed by atoms with Crippen LogP contribution in [0.2, 0.25) is 0 Å². The first kappa shape index (κ1) is 18.9. The van der Waals surface area contributed by atoms with Crippen LogP contribution < -0.4 is 5.32 Å². The summed E-state index contributed by atoms with van der Waals surface area (Å²) in [6.45, 7) is 8.91. The summed E-state index contributed by atoms with van der Waals surface area (Å²) >= 11 is 1.77. The van der Waals surface area contributed by atoms with Gasteiger partial charge in [-0.05, 0) is 37.7 Å². The summed E-state index contributed by atoms with van der Waals surface area (Å²) in [7, 11) is 0. The Bertz CT molecular complexity index is 1070. The monoisotopic (exact) mass is 414 g/mol. The number of nitrogens with zero attached hydrogens (tertiary/aromatic N) is 5. The van der Waals surface area contributed by atoms with Crippen LogP contribution in [0.3, 0.4) is 0 Å². The molecular weight excluding hydrogens is 388 g/mol. The largest absolute Gasteiger partial charge is 0.379 e. The zero-order valence-electron chi connectivity index (χ0n) is 16.9. The van der Waals surface area contributed by atoms with Crippen LogP contribution in [0.4, 0.5) is 0 Å². The van der Waals surface area contributed by atoms with Crippen LogP contribution in [0.25, 0.3) is 15.9 Å². The molecule has 1 atom stereocenters. The summed E-state index contributed by atoms with van der Waals surface area (Å²) in [4.78, 5) is 26.8. The fourth-order valence-corrected chi connectivity index (χ4v) is 5.79. The molecule has 8 nitrogen and oxygen atoms in total. The average molecular weight is 415 g/mol. The number of aryl methyl sites for hydroxylation is 2. The highest BCUT2D eigenvalue weighted by molar-refractivity contribution is 7.19. The Kier molecular flexibility index (Phi) is 4.97. The van der Waals surface area contributed by atoms with Crippen molar-refractivity contribution in [3.05, 3.63) is 22.1 Å². The van der Waals surface area contributed by atoms with Crippen LogP contribution in [-0.2, 0) is 11.2 Å². The Hall–Kier alpha value is -2.10. The minimum Gasteiger partial charge on any atom is -0.379 e. The molecule has 2 aliphatic rings. The Morgan fingerprint density at radius 2 is 2.14 bits per heavy atom. The maximum absolute atomic E-state index is 12.7. The Balaban J connectivity index is 1.43. The summed E-state index contributed by atoms with van der Waals surface area (Å²) in [6, 6.07) is 0. The van der Waals surface area contributed by atoms with Crippen molar-refractivity contribution in [1.82, 2.24) is 29.8 Å². The van der Waals surface area contributed by atoms with Crippen molar-refractivity contribution in [2.75, 3.05) is 39.4 Å². The smallest absolute Gasteiger partial charge is 0.291 e. The van der Waals surface area contributed by atoms with Crippen molar-refractivity contribution in [2.24, 2.45) is 0 Å². The van der Waals surface area contributed by atoms with Crippen LogP contribution >= 0.6 is 11.3 Å². The predicted molar refractivity (Wildman–Crippen MR) is 112 cm³/mol. The second-order valence-corrected chi connectivity index (χ2v) is 9.04. The van der Waals surface area contributed by atoms with Crippen LogP contribution in [0, 0.1) is 6.92 Å². The second kappa shape index (κ2) is 7.62. The van der Waals surface area contributed by atoms with Crippen molar-refractivity contribution < 1.29 is 9.53 Å². The highest BCUT2D eigenvalue weighted by Crippen LogP contribution is 2.42. The van der Waals surface area contributed by atoms with E-state index in [9.17, 15) is 4.79 Å². The van der Waals surface area contributed by atoms with Crippen molar-refractivity contribution >= 4 is 33.1 Å². The number of amides is 1. The molecule has 9 heteroatoms. The molecule has 3 aromatic rings. The van der Waals surface area contributed by atoms with E-state index in [-0.39, 0.29) is 11.7 Å². The van der Waals surface area contributed by atoms with Crippen molar-refractivity contribution in [1.29, 1.82) is 0 Å². The number of hydrogen-bond donors (Lipinski definition) is 1. The maximum atomic E-state index is 12.7. The summed E-state index contributed by atoms with van der Waals surface area (Å²) in [5.41, 5.74) is 2.12. The van der Waals surface area contributed by atoms with Gasteiger partial charge in [0.2, 0.25) is 5.82 Å². The number of carbonyl (C=O) groups excluding carboxylic acids is 1. The van der Waals surface area contributed by atoms with Crippen LogP contribution in [0.1, 0.15) is 52.6 Å². The molecule has 1 aliphatic heterocycles. The lowest BCUT2D eigenvalue weighted by atomic mass is 9.87. The van der Waals surface area contributed by atoms with Crippen molar-refractivity contribution in [3.8, 4) is 0 Å². The van der Waals surface area contributed by atoms with Gasteiger partial charge in [0.1, 0.15) is 10.7 Å². The van der Waals surface area contributed by atoms with Gasteiger partial charge in [0.05, 0.1) is 18.6 Å². The standard InChI is InChI=1S/C20H26N6O2S/c1-12-4-3-5-14-15(12)16-18-23-17(24-26(18)13(2)22-20(16)29-14)19(27)21-6-7-25-8-10-28-11-9-25/h12H,3-11H2,1-2H3,(H,21,27). The van der Waals surface area contributed by atoms with E-state index >= 15 is 0 Å². The lowest BCUT2D eigenvalue weighted by Gasteiger charge is -2.26. The first-order valence-corrected chi connectivity index (χ1v) is 11.2. The third kappa shape index (κ3) is 3.41. The molecule has 1 unspecified atom stereocenters. The lowest BCUT2D eigenvalue weighted by molar-refractivity contribution is 0.0383. The van der Waals surface area contributed by atoms with Gasteiger partial charge in [0.15, 0.2) is 5.65 Å². The molecular formula is C20H26N6O2S. The molecule has 3 aromatic heterocycles. The predicted octanol–water partition coefficient (Wildman–Crippen LogP) is 2.15. The Morgan fingerprint density at radius 1 is 1.31 bits per heavy atom. The van der Waals surface area contributed by atoms with Crippen LogP contribution in [0.15, 0.2) is 0 Å². The summed E-state index contributed by atoms with van der Waals surface area (Å²) in [5, 5.41) is 8.53. The SMILES string of the molecule is Cc1nc2sc3c(c2c2nc(C(=O)NCCN4CCOCC4)nn12)C(C)CCC3. The van der Waals surface area contributed by atoms with E-state index in [1.54, 1.807) is 15.9 Å². The summed E-state index contributed by atoms with van der Waals surface area (Å²) in [5.74, 6) is 1.24. The quantitative estimate of drug-likeness (QED) is 0.704. The zero-order valence-corrected chi connectivity index (χ0v) is 17.7. The van der Waals surface area contributed by atoms with Crippen LogP contribution in [0.5, 0.6) is 0 Å².